The van der Waals surface area contributed by atoms with E-state index in [2.05, 4.69) is 42.9 Å². The molecule has 2 unspecified atom stereocenters. The van der Waals surface area contributed by atoms with Crippen LogP contribution in [0.25, 0.3) is 0 Å². The fourth-order valence-corrected chi connectivity index (χ4v) is 7.17. The van der Waals surface area contributed by atoms with Gasteiger partial charge >= 0.3 is 5.97 Å². The van der Waals surface area contributed by atoms with Crippen LogP contribution in [0, 0.1) is 5.41 Å². The van der Waals surface area contributed by atoms with E-state index in [-0.39, 0.29) is 47.1 Å². The van der Waals surface area contributed by atoms with Crippen molar-refractivity contribution in [1.82, 2.24) is 35.4 Å². The van der Waals surface area contributed by atoms with Crippen molar-refractivity contribution in [2.75, 3.05) is 35.9 Å². The van der Waals surface area contributed by atoms with Crippen molar-refractivity contribution in [3.8, 4) is 0 Å². The number of aromatic nitrogens is 5. The molecule has 19 heteroatoms. The molecule has 4 heterocycles. The maximum Gasteiger partial charge on any atom is 0.313 e. The highest BCUT2D eigenvalue weighted by Crippen LogP contribution is 2.44. The van der Waals surface area contributed by atoms with Crippen molar-refractivity contribution in [2.45, 2.75) is 23.1 Å². The van der Waals surface area contributed by atoms with Crippen molar-refractivity contribution in [2.24, 2.45) is 10.6 Å². The molecular weight excluding hydrogens is 594 g/mol. The predicted molar refractivity (Wildman–Crippen MR) is 144 cm³/mol. The average molecular weight is 616 g/mol. The van der Waals surface area contributed by atoms with Crippen LogP contribution in [0.5, 0.6) is 0 Å². The number of rotatable bonds is 14. The third kappa shape index (κ3) is 6.18. The van der Waals surface area contributed by atoms with E-state index in [9.17, 15) is 24.3 Å². The summed E-state index contributed by atoms with van der Waals surface area (Å²) < 4.78 is 1.50. The molecule has 2 aliphatic heterocycles. The molecule has 3 atom stereocenters. The predicted octanol–water partition coefficient (Wildman–Crippen LogP) is 0.107. The zero-order chi connectivity index (χ0) is 28.0. The van der Waals surface area contributed by atoms with Crippen molar-refractivity contribution in [3.63, 3.8) is 0 Å². The normalized spacial score (nSPS) is 22.4. The van der Waals surface area contributed by atoms with Gasteiger partial charge in [0.05, 0.1) is 12.4 Å². The number of carboxylic acid groups (broad SMARTS) is 1. The Morgan fingerprint density at radius 3 is 3.00 bits per heavy atom. The van der Waals surface area contributed by atoms with Gasteiger partial charge in [-0.25, -0.2) is 9.67 Å². The Morgan fingerprint density at radius 1 is 1.46 bits per heavy atom. The number of allylic oxidation sites excluding steroid dienone is 1. The first-order valence-corrected chi connectivity index (χ1v) is 14.7. The lowest BCUT2D eigenvalue weighted by Gasteiger charge is -2.53. The summed E-state index contributed by atoms with van der Waals surface area (Å²) in [5.41, 5.74) is -1.31. The SMILES string of the molecule is C=CCn1nnnc1SCC1(C(=O)O)CS[C@@H]2C(NC(=O)C(=NOCCCl)c3csc(NC=O)n3)C(=O)N2C1. The molecule has 2 saturated heterocycles. The van der Waals surface area contributed by atoms with Crippen LogP contribution < -0.4 is 10.6 Å². The number of nitrogens with zero attached hydrogens (tertiary/aromatic N) is 7. The molecule has 0 aliphatic carbocycles. The average Bonchev–Trinajstić information content (AvgIpc) is 3.58. The van der Waals surface area contributed by atoms with Crippen molar-refractivity contribution in [3.05, 3.63) is 23.7 Å². The van der Waals surface area contributed by atoms with E-state index >= 15 is 0 Å². The molecular formula is C20H22ClN9O6S3. The van der Waals surface area contributed by atoms with Crippen LogP contribution in [0.1, 0.15) is 5.69 Å². The maximum atomic E-state index is 13.1. The Morgan fingerprint density at radius 2 is 2.28 bits per heavy atom. The number of hydrogen-bond donors (Lipinski definition) is 3. The Hall–Kier alpha value is -3.22. The van der Waals surface area contributed by atoms with Gasteiger partial charge in [0.25, 0.3) is 5.91 Å². The first-order valence-electron chi connectivity index (χ1n) is 11.2. The molecule has 3 amide bonds. The van der Waals surface area contributed by atoms with Crippen molar-refractivity contribution in [1.29, 1.82) is 0 Å². The standard InChI is InChI=1S/C20H22ClN9O6S3/c1-2-4-30-19(25-27-28-30)39-9-20(17(34)35)7-29-15(33)13(16(29)38-8-20)24-14(32)12(26-36-5-3-21)11-6-37-18(23-11)22-10-31/h2,6,10,13,16H,1,3-5,7-9H2,(H,24,32)(H,34,35)(H,22,23,31)/t13?,16-,20?/m1/s1. The van der Waals surface area contributed by atoms with Crippen LogP contribution in [0.2, 0.25) is 0 Å². The molecule has 0 saturated carbocycles. The van der Waals surface area contributed by atoms with Crippen LogP contribution in [0.4, 0.5) is 5.13 Å². The molecule has 4 rings (SSSR count). The molecule has 2 aromatic rings. The van der Waals surface area contributed by atoms with E-state index in [0.717, 1.165) is 11.3 Å². The van der Waals surface area contributed by atoms with Gasteiger partial charge in [0, 0.05) is 23.4 Å². The Balaban J connectivity index is 1.43. The lowest BCUT2D eigenvalue weighted by atomic mass is 9.89. The van der Waals surface area contributed by atoms with E-state index < -0.39 is 34.6 Å². The number of anilines is 1. The summed E-state index contributed by atoms with van der Waals surface area (Å²) in [6.07, 6.45) is 2.07. The molecule has 2 fully saturated rings. The van der Waals surface area contributed by atoms with Crippen molar-refractivity contribution >= 4 is 81.5 Å². The summed E-state index contributed by atoms with van der Waals surface area (Å²) in [5, 5.41) is 32.1. The van der Waals surface area contributed by atoms with Crippen molar-refractivity contribution < 1.29 is 29.1 Å². The van der Waals surface area contributed by atoms with E-state index in [1.54, 1.807) is 6.08 Å². The van der Waals surface area contributed by atoms with Gasteiger partial charge in [0.15, 0.2) is 10.8 Å². The monoisotopic (exact) mass is 615 g/mol. The zero-order valence-corrected chi connectivity index (χ0v) is 23.3. The third-order valence-electron chi connectivity index (χ3n) is 5.63. The number of thioether (sulfide) groups is 2. The number of carbonyl (C=O) groups excluding carboxylic acids is 3. The first-order chi connectivity index (χ1) is 18.8. The minimum atomic E-state index is -1.24. The highest BCUT2D eigenvalue weighted by molar-refractivity contribution is 8.00. The molecule has 3 N–H and O–H groups in total. The second kappa shape index (κ2) is 12.8. The lowest BCUT2D eigenvalue weighted by molar-refractivity contribution is -0.157. The number of tetrazole rings is 1. The second-order valence-electron chi connectivity index (χ2n) is 8.19. The van der Waals surface area contributed by atoms with Crippen LogP contribution in [-0.4, -0.2) is 107 Å². The molecule has 2 aromatic heterocycles. The molecule has 2 aliphatic rings. The minimum absolute atomic E-state index is 0.0335. The van der Waals surface area contributed by atoms with E-state index in [1.165, 1.54) is 38.5 Å². The van der Waals surface area contributed by atoms with Gasteiger partial charge in [0.2, 0.25) is 17.5 Å². The van der Waals surface area contributed by atoms with Gasteiger partial charge in [-0.2, -0.15) is 0 Å². The van der Waals surface area contributed by atoms with E-state index in [0.29, 0.717) is 18.1 Å². The van der Waals surface area contributed by atoms with Crippen LogP contribution >= 0.6 is 46.5 Å². The Labute approximate surface area is 238 Å². The first kappa shape index (κ1) is 28.8. The number of thiazole rings is 1. The Bertz CT molecular complexity index is 1290. The number of fused-ring (bicyclic) bond motifs is 1. The summed E-state index contributed by atoms with van der Waals surface area (Å²) in [5.74, 6) is -1.71. The topological polar surface area (TPSA) is 194 Å². The van der Waals surface area contributed by atoms with Crippen LogP contribution in [0.15, 0.2) is 28.3 Å². The number of oxime groups is 1. The number of amides is 3. The zero-order valence-electron chi connectivity index (χ0n) is 20.1. The number of hydrogen-bond acceptors (Lipinski definition) is 13. The number of carbonyl (C=O) groups is 4. The molecule has 0 bridgehead atoms. The number of carboxylic acids is 1. The summed E-state index contributed by atoms with van der Waals surface area (Å²) in [7, 11) is 0. The number of β-lactam (4-membered cyclic amide) rings is 1. The summed E-state index contributed by atoms with van der Waals surface area (Å²) in [4.78, 5) is 59.8. The second-order valence-corrected chi connectivity index (χ2v) is 11.5. The van der Waals surface area contributed by atoms with Gasteiger partial charge in [0.1, 0.15) is 29.1 Å². The van der Waals surface area contributed by atoms with E-state index in [4.69, 9.17) is 16.4 Å². The van der Waals surface area contributed by atoms with Crippen LogP contribution in [0.3, 0.4) is 0 Å². The number of aliphatic carboxylic acids is 1. The van der Waals surface area contributed by atoms with Gasteiger partial charge in [-0.3, -0.25) is 19.2 Å². The highest BCUT2D eigenvalue weighted by atomic mass is 35.5. The van der Waals surface area contributed by atoms with Gasteiger partial charge < -0.3 is 25.5 Å². The largest absolute Gasteiger partial charge is 0.481 e. The third-order valence-corrected chi connectivity index (χ3v) is 9.40. The molecule has 0 radical (unpaired) electrons. The molecule has 39 heavy (non-hydrogen) atoms. The molecule has 15 nitrogen and oxygen atoms in total. The number of nitrogens with one attached hydrogen (secondary N) is 2. The van der Waals surface area contributed by atoms with Crippen LogP contribution in [-0.2, 0) is 30.6 Å². The molecule has 208 valence electrons. The minimum Gasteiger partial charge on any atom is -0.481 e. The number of halogens is 1. The van der Waals surface area contributed by atoms with Gasteiger partial charge in [-0.15, -0.1) is 46.4 Å². The molecule has 0 spiro atoms. The smallest absolute Gasteiger partial charge is 0.313 e. The highest BCUT2D eigenvalue weighted by Gasteiger charge is 2.57. The van der Waals surface area contributed by atoms with E-state index in [1.807, 2.05) is 0 Å². The summed E-state index contributed by atoms with van der Waals surface area (Å²) in [6.45, 7) is 4.02. The molecule has 0 aromatic carbocycles. The quantitative estimate of drug-likeness (QED) is 0.0380. The maximum absolute atomic E-state index is 13.1. The Kier molecular flexibility index (Phi) is 9.41. The van der Waals surface area contributed by atoms with Gasteiger partial charge in [-0.05, 0) is 10.4 Å². The fraction of sp³-hybridized carbons (Fsp3) is 0.450. The summed E-state index contributed by atoms with van der Waals surface area (Å²) in [6, 6.07) is -0.897. The number of alkyl halides is 1. The van der Waals surface area contributed by atoms with Gasteiger partial charge in [-0.1, -0.05) is 23.0 Å². The summed E-state index contributed by atoms with van der Waals surface area (Å²) >= 11 is 9.15. The fourth-order valence-electron chi connectivity index (χ4n) is 3.70. The lowest BCUT2D eigenvalue weighted by Crippen LogP contribution is -2.74.